The topological polar surface area (TPSA) is 102 Å². The van der Waals surface area contributed by atoms with Crippen molar-refractivity contribution < 1.29 is 19.6 Å². The van der Waals surface area contributed by atoms with Gasteiger partial charge in [0.05, 0.1) is 16.7 Å². The fraction of sp³-hybridized carbons (Fsp3) is 0.133. The van der Waals surface area contributed by atoms with Crippen LogP contribution in [0, 0.1) is 17.0 Å². The Labute approximate surface area is 126 Å². The highest BCUT2D eigenvalue weighted by Gasteiger charge is 2.12. The summed E-state index contributed by atoms with van der Waals surface area (Å²) in [5, 5.41) is 22.6. The van der Waals surface area contributed by atoms with Crippen LogP contribution in [0.2, 0.25) is 0 Å². The van der Waals surface area contributed by atoms with Crippen LogP contribution in [-0.4, -0.2) is 22.5 Å². The Bertz CT molecular complexity index is 715. The highest BCUT2D eigenvalue weighted by Crippen LogP contribution is 2.27. The van der Waals surface area contributed by atoms with Gasteiger partial charge in [-0.3, -0.25) is 14.9 Å². The van der Waals surface area contributed by atoms with Gasteiger partial charge in [0.25, 0.3) is 11.6 Å². The highest BCUT2D eigenvalue weighted by atomic mass is 16.6. The number of phenolic OH excluding ortho intramolecular Hbond substituents is 1. The molecular weight excluding hydrogens is 288 g/mol. The third-order valence-electron chi connectivity index (χ3n) is 2.83. The summed E-state index contributed by atoms with van der Waals surface area (Å²) < 4.78 is 5.32. The molecule has 0 atom stereocenters. The summed E-state index contributed by atoms with van der Waals surface area (Å²) in [5.41, 5.74) is 0.834. The lowest BCUT2D eigenvalue weighted by Gasteiger charge is -2.09. The van der Waals surface area contributed by atoms with Crippen LogP contribution in [0.3, 0.4) is 0 Å². The van der Waals surface area contributed by atoms with Crippen molar-refractivity contribution in [3.8, 4) is 11.5 Å². The lowest BCUT2D eigenvalue weighted by molar-refractivity contribution is -0.384. The number of aromatic hydroxyl groups is 1. The van der Waals surface area contributed by atoms with Gasteiger partial charge in [-0.05, 0) is 30.7 Å². The molecule has 0 radical (unpaired) electrons. The molecule has 0 aromatic heterocycles. The molecule has 0 unspecified atom stereocenters. The third kappa shape index (κ3) is 3.95. The number of carbonyl (C=O) groups is 1. The molecule has 0 bridgehead atoms. The van der Waals surface area contributed by atoms with E-state index < -0.39 is 10.8 Å². The predicted octanol–water partition coefficient (Wildman–Crippen LogP) is 2.63. The van der Waals surface area contributed by atoms with Crippen molar-refractivity contribution in [2.75, 3.05) is 11.9 Å². The van der Waals surface area contributed by atoms with Gasteiger partial charge in [-0.15, -0.1) is 0 Å². The van der Waals surface area contributed by atoms with Crippen LogP contribution in [-0.2, 0) is 4.79 Å². The van der Waals surface area contributed by atoms with Gasteiger partial charge in [-0.1, -0.05) is 12.1 Å². The molecule has 0 spiro atoms. The van der Waals surface area contributed by atoms with E-state index >= 15 is 0 Å². The number of phenols is 1. The summed E-state index contributed by atoms with van der Waals surface area (Å²) >= 11 is 0. The summed E-state index contributed by atoms with van der Waals surface area (Å²) in [4.78, 5) is 21.7. The van der Waals surface area contributed by atoms with Crippen LogP contribution >= 0.6 is 0 Å². The smallest absolute Gasteiger partial charge is 0.273 e. The lowest BCUT2D eigenvalue weighted by atomic mass is 10.2. The molecule has 114 valence electrons. The molecule has 0 saturated heterocycles. The van der Waals surface area contributed by atoms with Gasteiger partial charge in [0.15, 0.2) is 6.61 Å². The first-order chi connectivity index (χ1) is 10.5. The lowest BCUT2D eigenvalue weighted by Crippen LogP contribution is -2.20. The maximum absolute atomic E-state index is 11.8. The van der Waals surface area contributed by atoms with E-state index in [0.29, 0.717) is 5.75 Å². The van der Waals surface area contributed by atoms with Gasteiger partial charge in [0.2, 0.25) is 0 Å². The second kappa shape index (κ2) is 6.57. The van der Waals surface area contributed by atoms with E-state index in [2.05, 4.69) is 5.32 Å². The normalized spacial score (nSPS) is 10.0. The SMILES string of the molecule is Cc1cccc(OCC(=O)Nc2ccc([N+](=O)[O-])cc2O)c1. The molecule has 0 fully saturated rings. The number of anilines is 1. The molecule has 0 aliphatic heterocycles. The number of non-ortho nitro benzene ring substituents is 1. The summed E-state index contributed by atoms with van der Waals surface area (Å²) in [7, 11) is 0. The van der Waals surface area contributed by atoms with Crippen molar-refractivity contribution in [2.24, 2.45) is 0 Å². The molecule has 0 saturated carbocycles. The fourth-order valence-corrected chi connectivity index (χ4v) is 1.78. The fourth-order valence-electron chi connectivity index (χ4n) is 1.78. The third-order valence-corrected chi connectivity index (χ3v) is 2.83. The van der Waals surface area contributed by atoms with E-state index in [1.165, 1.54) is 12.1 Å². The number of nitrogens with zero attached hydrogens (tertiary/aromatic N) is 1. The summed E-state index contributed by atoms with van der Waals surface area (Å²) in [6, 6.07) is 10.7. The van der Waals surface area contributed by atoms with Crippen molar-refractivity contribution in [2.45, 2.75) is 6.92 Å². The van der Waals surface area contributed by atoms with Gasteiger partial charge < -0.3 is 15.2 Å². The first-order valence-corrected chi connectivity index (χ1v) is 6.42. The Morgan fingerprint density at radius 3 is 2.73 bits per heavy atom. The van der Waals surface area contributed by atoms with E-state index in [1.54, 1.807) is 12.1 Å². The zero-order chi connectivity index (χ0) is 16.1. The van der Waals surface area contributed by atoms with Crippen molar-refractivity contribution in [3.05, 3.63) is 58.1 Å². The van der Waals surface area contributed by atoms with Crippen LogP contribution in [0.15, 0.2) is 42.5 Å². The summed E-state index contributed by atoms with van der Waals surface area (Å²) in [6.45, 7) is 1.67. The van der Waals surface area contributed by atoms with E-state index in [1.807, 2.05) is 19.1 Å². The number of rotatable bonds is 5. The number of hydrogen-bond donors (Lipinski definition) is 2. The minimum atomic E-state index is -0.633. The van der Waals surface area contributed by atoms with Crippen molar-refractivity contribution in [3.63, 3.8) is 0 Å². The quantitative estimate of drug-likeness (QED) is 0.502. The number of amides is 1. The molecular formula is C15H14N2O5. The van der Waals surface area contributed by atoms with E-state index in [4.69, 9.17) is 4.74 Å². The number of nitrogens with one attached hydrogen (secondary N) is 1. The van der Waals surface area contributed by atoms with Gasteiger partial charge in [-0.2, -0.15) is 0 Å². The molecule has 1 amide bonds. The van der Waals surface area contributed by atoms with Crippen LogP contribution in [0.4, 0.5) is 11.4 Å². The molecule has 2 N–H and O–H groups in total. The monoisotopic (exact) mass is 302 g/mol. The van der Waals surface area contributed by atoms with Gasteiger partial charge in [-0.25, -0.2) is 0 Å². The number of ether oxygens (including phenoxy) is 1. The molecule has 7 nitrogen and oxygen atoms in total. The van der Waals surface area contributed by atoms with Crippen LogP contribution in [0.1, 0.15) is 5.56 Å². The highest BCUT2D eigenvalue weighted by molar-refractivity contribution is 5.93. The Hall–Kier alpha value is -3.09. The van der Waals surface area contributed by atoms with E-state index in [-0.39, 0.29) is 23.7 Å². The summed E-state index contributed by atoms with van der Waals surface area (Å²) in [6.07, 6.45) is 0. The zero-order valence-electron chi connectivity index (χ0n) is 11.8. The Morgan fingerprint density at radius 1 is 1.32 bits per heavy atom. The Balaban J connectivity index is 1.96. The van der Waals surface area contributed by atoms with E-state index in [9.17, 15) is 20.0 Å². The number of aryl methyl sites for hydroxylation is 1. The van der Waals surface area contributed by atoms with Crippen LogP contribution in [0.25, 0.3) is 0 Å². The maximum atomic E-state index is 11.8. The Kier molecular flexibility index (Phi) is 4.57. The van der Waals surface area contributed by atoms with Crippen molar-refractivity contribution in [1.29, 1.82) is 0 Å². The maximum Gasteiger partial charge on any atom is 0.273 e. The molecule has 22 heavy (non-hydrogen) atoms. The molecule has 2 rings (SSSR count). The van der Waals surface area contributed by atoms with E-state index in [0.717, 1.165) is 11.6 Å². The molecule has 7 heteroatoms. The number of carbonyl (C=O) groups excluding carboxylic acids is 1. The first-order valence-electron chi connectivity index (χ1n) is 6.42. The predicted molar refractivity (Wildman–Crippen MR) is 80.1 cm³/mol. The molecule has 2 aromatic rings. The number of nitro benzene ring substituents is 1. The number of nitro groups is 1. The van der Waals surface area contributed by atoms with Crippen LogP contribution < -0.4 is 10.1 Å². The molecule has 0 aliphatic carbocycles. The number of benzene rings is 2. The second-order valence-electron chi connectivity index (χ2n) is 4.61. The van der Waals surface area contributed by atoms with Gasteiger partial charge in [0, 0.05) is 6.07 Å². The minimum absolute atomic E-state index is 0.0865. The molecule has 0 aliphatic rings. The molecule has 2 aromatic carbocycles. The van der Waals surface area contributed by atoms with Crippen molar-refractivity contribution in [1.82, 2.24) is 0 Å². The molecule has 0 heterocycles. The summed E-state index contributed by atoms with van der Waals surface area (Å²) in [5.74, 6) is -0.299. The Morgan fingerprint density at radius 2 is 2.09 bits per heavy atom. The zero-order valence-corrected chi connectivity index (χ0v) is 11.8. The first kappa shape index (κ1) is 15.3. The minimum Gasteiger partial charge on any atom is -0.506 e. The van der Waals surface area contributed by atoms with Crippen molar-refractivity contribution >= 4 is 17.3 Å². The average molecular weight is 302 g/mol. The number of hydrogen-bond acceptors (Lipinski definition) is 5. The largest absolute Gasteiger partial charge is 0.506 e. The van der Waals surface area contributed by atoms with Crippen LogP contribution in [0.5, 0.6) is 11.5 Å². The van der Waals surface area contributed by atoms with Gasteiger partial charge in [0.1, 0.15) is 11.5 Å². The second-order valence-corrected chi connectivity index (χ2v) is 4.61. The van der Waals surface area contributed by atoms with Gasteiger partial charge >= 0.3 is 0 Å². The standard InChI is InChI=1S/C15H14N2O5/c1-10-3-2-4-12(7-10)22-9-15(19)16-13-6-5-11(17(20)21)8-14(13)18/h2-8,18H,9H2,1H3,(H,16,19). The average Bonchev–Trinajstić information content (AvgIpc) is 2.47.